The molecular formula is C12H19N3O4S. The van der Waals surface area contributed by atoms with Crippen LogP contribution in [0, 0.1) is 5.92 Å². The SMILES string of the molecule is CCN(CC(=O)O)S(=O)(=O)c1cnn(CC2CCC2)c1. The van der Waals surface area contributed by atoms with Crippen LogP contribution in [0.15, 0.2) is 17.3 Å². The Hall–Kier alpha value is -1.41. The second kappa shape index (κ2) is 5.92. The van der Waals surface area contributed by atoms with Crippen molar-refractivity contribution in [1.82, 2.24) is 14.1 Å². The zero-order valence-corrected chi connectivity index (χ0v) is 12.2. The van der Waals surface area contributed by atoms with Crippen molar-refractivity contribution in [3.63, 3.8) is 0 Å². The monoisotopic (exact) mass is 301 g/mol. The summed E-state index contributed by atoms with van der Waals surface area (Å²) in [5.74, 6) is -0.593. The summed E-state index contributed by atoms with van der Waals surface area (Å²) in [6.45, 7) is 1.91. The molecule has 1 heterocycles. The highest BCUT2D eigenvalue weighted by Crippen LogP contribution is 2.28. The molecule has 0 atom stereocenters. The second-order valence-electron chi connectivity index (χ2n) is 5.02. The maximum absolute atomic E-state index is 12.3. The summed E-state index contributed by atoms with van der Waals surface area (Å²) in [6.07, 6.45) is 6.31. The van der Waals surface area contributed by atoms with Crippen LogP contribution in [0.1, 0.15) is 26.2 Å². The largest absolute Gasteiger partial charge is 0.480 e. The van der Waals surface area contributed by atoms with E-state index in [-0.39, 0.29) is 11.4 Å². The molecule has 0 bridgehead atoms. The Kier molecular flexibility index (Phi) is 4.44. The lowest BCUT2D eigenvalue weighted by Gasteiger charge is -2.24. The van der Waals surface area contributed by atoms with Gasteiger partial charge in [-0.1, -0.05) is 13.3 Å². The average Bonchev–Trinajstić information content (AvgIpc) is 2.79. The predicted molar refractivity (Wildman–Crippen MR) is 71.6 cm³/mol. The number of likely N-dealkylation sites (N-methyl/N-ethyl adjacent to an activating group) is 1. The van der Waals surface area contributed by atoms with Gasteiger partial charge >= 0.3 is 5.97 Å². The Bertz CT molecular complexity index is 577. The number of sulfonamides is 1. The van der Waals surface area contributed by atoms with Crippen molar-refractivity contribution in [3.8, 4) is 0 Å². The molecule has 0 amide bonds. The molecule has 1 aromatic rings. The minimum Gasteiger partial charge on any atom is -0.480 e. The van der Waals surface area contributed by atoms with Crippen molar-refractivity contribution in [3.05, 3.63) is 12.4 Å². The van der Waals surface area contributed by atoms with Crippen LogP contribution in [0.4, 0.5) is 0 Å². The molecule has 7 nitrogen and oxygen atoms in total. The maximum atomic E-state index is 12.3. The highest BCUT2D eigenvalue weighted by atomic mass is 32.2. The lowest BCUT2D eigenvalue weighted by molar-refractivity contribution is -0.137. The number of hydrogen-bond acceptors (Lipinski definition) is 4. The van der Waals surface area contributed by atoms with Gasteiger partial charge < -0.3 is 5.11 Å². The van der Waals surface area contributed by atoms with E-state index in [9.17, 15) is 13.2 Å². The van der Waals surface area contributed by atoms with Gasteiger partial charge in [0.05, 0.1) is 6.20 Å². The number of aromatic nitrogens is 2. The first-order valence-electron chi connectivity index (χ1n) is 6.68. The van der Waals surface area contributed by atoms with E-state index in [4.69, 9.17) is 5.11 Å². The summed E-state index contributed by atoms with van der Waals surface area (Å²) in [7, 11) is -3.78. The molecule has 0 spiro atoms. The van der Waals surface area contributed by atoms with Crippen LogP contribution in [-0.4, -0.2) is 46.7 Å². The van der Waals surface area contributed by atoms with Gasteiger partial charge in [-0.25, -0.2) is 8.42 Å². The van der Waals surface area contributed by atoms with Gasteiger partial charge in [0.1, 0.15) is 11.4 Å². The van der Waals surface area contributed by atoms with Gasteiger partial charge in [-0.15, -0.1) is 0 Å². The van der Waals surface area contributed by atoms with E-state index in [1.165, 1.54) is 18.8 Å². The van der Waals surface area contributed by atoms with E-state index in [0.29, 0.717) is 5.92 Å². The summed E-state index contributed by atoms with van der Waals surface area (Å²) in [5.41, 5.74) is 0. The molecular weight excluding hydrogens is 282 g/mol. The summed E-state index contributed by atoms with van der Waals surface area (Å²) in [6, 6.07) is 0. The fourth-order valence-electron chi connectivity index (χ4n) is 2.18. The van der Waals surface area contributed by atoms with E-state index >= 15 is 0 Å². The molecule has 0 aliphatic heterocycles. The Balaban J connectivity index is 2.13. The van der Waals surface area contributed by atoms with E-state index in [1.54, 1.807) is 11.6 Å². The van der Waals surface area contributed by atoms with Crippen LogP contribution < -0.4 is 0 Å². The first kappa shape index (κ1) is 15.0. The lowest BCUT2D eigenvalue weighted by Crippen LogP contribution is -2.35. The van der Waals surface area contributed by atoms with E-state index < -0.39 is 22.5 Å². The molecule has 1 aliphatic rings. The van der Waals surface area contributed by atoms with Crippen LogP contribution in [0.5, 0.6) is 0 Å². The third-order valence-electron chi connectivity index (χ3n) is 3.58. The Morgan fingerprint density at radius 1 is 1.55 bits per heavy atom. The summed E-state index contributed by atoms with van der Waals surface area (Å²) < 4.78 is 27.1. The molecule has 1 fully saturated rings. The topological polar surface area (TPSA) is 92.5 Å². The van der Waals surface area contributed by atoms with Crippen molar-refractivity contribution >= 4 is 16.0 Å². The number of carbonyl (C=O) groups is 1. The molecule has 8 heteroatoms. The molecule has 1 saturated carbocycles. The van der Waals surface area contributed by atoms with E-state index in [1.807, 2.05) is 0 Å². The number of carboxylic acid groups (broad SMARTS) is 1. The summed E-state index contributed by atoms with van der Waals surface area (Å²) >= 11 is 0. The smallest absolute Gasteiger partial charge is 0.318 e. The summed E-state index contributed by atoms with van der Waals surface area (Å²) in [4.78, 5) is 10.8. The number of rotatable bonds is 7. The Morgan fingerprint density at radius 3 is 2.75 bits per heavy atom. The molecule has 2 rings (SSSR count). The normalized spacial score (nSPS) is 16.3. The van der Waals surface area contributed by atoms with Gasteiger partial charge in [0.2, 0.25) is 10.0 Å². The Labute approximate surface area is 118 Å². The number of hydrogen-bond donors (Lipinski definition) is 1. The fourth-order valence-corrected chi connectivity index (χ4v) is 3.54. The van der Waals surface area contributed by atoms with Crippen LogP contribution in [-0.2, 0) is 21.4 Å². The first-order chi connectivity index (χ1) is 9.43. The highest BCUT2D eigenvalue weighted by molar-refractivity contribution is 7.89. The Morgan fingerprint density at radius 2 is 2.25 bits per heavy atom. The third kappa shape index (κ3) is 3.18. The average molecular weight is 301 g/mol. The maximum Gasteiger partial charge on any atom is 0.318 e. The quantitative estimate of drug-likeness (QED) is 0.803. The van der Waals surface area contributed by atoms with Gasteiger partial charge in [0, 0.05) is 19.3 Å². The molecule has 1 N–H and O–H groups in total. The van der Waals surface area contributed by atoms with Crippen LogP contribution in [0.2, 0.25) is 0 Å². The minimum atomic E-state index is -3.78. The van der Waals surface area contributed by atoms with Gasteiger partial charge in [-0.3, -0.25) is 9.48 Å². The highest BCUT2D eigenvalue weighted by Gasteiger charge is 2.27. The molecule has 0 saturated heterocycles. The van der Waals surface area contributed by atoms with Crippen LogP contribution >= 0.6 is 0 Å². The zero-order valence-electron chi connectivity index (χ0n) is 11.4. The first-order valence-corrected chi connectivity index (χ1v) is 8.12. The molecule has 112 valence electrons. The molecule has 0 aromatic carbocycles. The van der Waals surface area contributed by atoms with Crippen molar-refractivity contribution in [2.75, 3.05) is 13.1 Å². The number of aliphatic carboxylic acids is 1. The lowest BCUT2D eigenvalue weighted by atomic mass is 9.85. The van der Waals surface area contributed by atoms with E-state index in [0.717, 1.165) is 23.7 Å². The third-order valence-corrected chi connectivity index (χ3v) is 5.46. The van der Waals surface area contributed by atoms with Crippen LogP contribution in [0.25, 0.3) is 0 Å². The zero-order chi connectivity index (χ0) is 14.8. The number of carboxylic acids is 1. The second-order valence-corrected chi connectivity index (χ2v) is 6.96. The molecule has 1 aromatic heterocycles. The van der Waals surface area contributed by atoms with E-state index in [2.05, 4.69) is 5.10 Å². The van der Waals surface area contributed by atoms with Crippen molar-refractivity contribution < 1.29 is 18.3 Å². The fraction of sp³-hybridized carbons (Fsp3) is 0.667. The molecule has 0 radical (unpaired) electrons. The standard InChI is InChI=1S/C12H19N3O4S/c1-2-15(9-12(16)17)20(18,19)11-6-13-14(8-11)7-10-4-3-5-10/h6,8,10H,2-5,7,9H2,1H3,(H,16,17). The number of nitrogens with zero attached hydrogens (tertiary/aromatic N) is 3. The molecule has 1 aliphatic carbocycles. The van der Waals surface area contributed by atoms with Crippen molar-refractivity contribution in [1.29, 1.82) is 0 Å². The van der Waals surface area contributed by atoms with Gasteiger partial charge in [0.15, 0.2) is 0 Å². The summed E-state index contributed by atoms with van der Waals surface area (Å²) in [5, 5.41) is 12.8. The van der Waals surface area contributed by atoms with Gasteiger partial charge in [0.25, 0.3) is 0 Å². The minimum absolute atomic E-state index is 0.0555. The van der Waals surface area contributed by atoms with Crippen LogP contribution in [0.3, 0.4) is 0 Å². The van der Waals surface area contributed by atoms with Crippen molar-refractivity contribution in [2.24, 2.45) is 5.92 Å². The predicted octanol–water partition coefficient (Wildman–Crippen LogP) is 0.778. The molecule has 0 unspecified atom stereocenters. The van der Waals surface area contributed by atoms with Crippen molar-refractivity contribution in [2.45, 2.75) is 37.6 Å². The molecule has 20 heavy (non-hydrogen) atoms. The van der Waals surface area contributed by atoms with Gasteiger partial charge in [-0.2, -0.15) is 9.40 Å². The van der Waals surface area contributed by atoms with Gasteiger partial charge in [-0.05, 0) is 18.8 Å².